The molecule has 0 aliphatic carbocycles. The Kier molecular flexibility index (Phi) is 4.45. The van der Waals surface area contributed by atoms with E-state index in [2.05, 4.69) is 16.0 Å². The summed E-state index contributed by atoms with van der Waals surface area (Å²) in [6.07, 6.45) is 0. The Hall–Kier alpha value is -2.14. The van der Waals surface area contributed by atoms with E-state index in [9.17, 15) is 9.59 Å². The van der Waals surface area contributed by atoms with Gasteiger partial charge in [0, 0.05) is 43.3 Å². The smallest absolute Gasteiger partial charge is 0.239 e. The van der Waals surface area contributed by atoms with E-state index in [1.807, 2.05) is 38.7 Å². The highest BCUT2D eigenvalue weighted by atomic mass is 16.2. The van der Waals surface area contributed by atoms with E-state index < -0.39 is 0 Å². The second kappa shape index (κ2) is 6.40. The molecule has 1 amide bonds. The second-order valence-electron chi connectivity index (χ2n) is 6.73. The van der Waals surface area contributed by atoms with Gasteiger partial charge in [-0.15, -0.1) is 0 Å². The quantitative estimate of drug-likeness (QED) is 0.940. The zero-order chi connectivity index (χ0) is 17.4. The first-order chi connectivity index (χ1) is 11.4. The fraction of sp³-hybridized carbons (Fsp3) is 0.474. The van der Waals surface area contributed by atoms with Crippen LogP contribution in [0.2, 0.25) is 0 Å². The van der Waals surface area contributed by atoms with Crippen LogP contribution < -0.4 is 5.43 Å². The maximum atomic E-state index is 12.5. The Bertz CT molecular complexity index is 840. The van der Waals surface area contributed by atoms with Gasteiger partial charge in [-0.1, -0.05) is 6.07 Å². The van der Waals surface area contributed by atoms with Crippen molar-refractivity contribution in [3.63, 3.8) is 0 Å². The van der Waals surface area contributed by atoms with E-state index in [0.717, 1.165) is 47.4 Å². The largest absolute Gasteiger partial charge is 0.357 e. The van der Waals surface area contributed by atoms with Crippen LogP contribution in [0.5, 0.6) is 0 Å². The number of hydrogen-bond acceptors (Lipinski definition) is 3. The minimum absolute atomic E-state index is 0.0386. The summed E-state index contributed by atoms with van der Waals surface area (Å²) in [6.45, 7) is 10.9. The number of amides is 1. The molecule has 1 atom stereocenters. The Morgan fingerprint density at radius 3 is 2.62 bits per heavy atom. The Morgan fingerprint density at radius 1 is 1.17 bits per heavy atom. The number of nitrogens with zero attached hydrogens (tertiary/aromatic N) is 2. The van der Waals surface area contributed by atoms with E-state index in [0.29, 0.717) is 6.54 Å². The molecule has 128 valence electrons. The Morgan fingerprint density at radius 2 is 1.92 bits per heavy atom. The summed E-state index contributed by atoms with van der Waals surface area (Å²) in [5.74, 6) is 0.165. The Balaban J connectivity index is 1.91. The third-order valence-corrected chi connectivity index (χ3v) is 4.97. The van der Waals surface area contributed by atoms with Gasteiger partial charge in [0.25, 0.3) is 0 Å². The third-order valence-electron chi connectivity index (χ3n) is 4.97. The highest BCUT2D eigenvalue weighted by Crippen LogP contribution is 2.18. The molecule has 2 aromatic rings. The van der Waals surface area contributed by atoms with Crippen molar-refractivity contribution in [2.24, 2.45) is 0 Å². The van der Waals surface area contributed by atoms with E-state index >= 15 is 0 Å². The van der Waals surface area contributed by atoms with Gasteiger partial charge in [0.2, 0.25) is 5.91 Å². The summed E-state index contributed by atoms with van der Waals surface area (Å²) >= 11 is 0. The van der Waals surface area contributed by atoms with Crippen molar-refractivity contribution in [1.29, 1.82) is 0 Å². The zero-order valence-electron chi connectivity index (χ0n) is 14.8. The molecule has 5 nitrogen and oxygen atoms in total. The Labute approximate surface area is 142 Å². The number of carbonyl (C=O) groups is 1. The molecular weight excluding hydrogens is 302 g/mol. The van der Waals surface area contributed by atoms with Crippen LogP contribution in [-0.2, 0) is 11.3 Å². The highest BCUT2D eigenvalue weighted by molar-refractivity contribution is 5.83. The maximum Gasteiger partial charge on any atom is 0.239 e. The predicted octanol–water partition coefficient (Wildman–Crippen LogP) is 2.20. The van der Waals surface area contributed by atoms with Crippen molar-refractivity contribution in [1.82, 2.24) is 14.8 Å². The van der Waals surface area contributed by atoms with Gasteiger partial charge in [-0.25, -0.2) is 0 Å². The molecule has 2 heterocycles. The first-order valence-electron chi connectivity index (χ1n) is 8.56. The molecule has 0 bridgehead atoms. The summed E-state index contributed by atoms with van der Waals surface area (Å²) in [6, 6.07) is 5.52. The number of fused-ring (bicyclic) bond motifs is 1. The van der Waals surface area contributed by atoms with Crippen molar-refractivity contribution < 1.29 is 4.79 Å². The van der Waals surface area contributed by atoms with Crippen molar-refractivity contribution in [2.75, 3.05) is 19.6 Å². The molecule has 1 aromatic heterocycles. The average Bonchev–Trinajstić information content (AvgIpc) is 2.53. The van der Waals surface area contributed by atoms with Gasteiger partial charge < -0.3 is 9.88 Å². The SMILES string of the molecule is CCN1CCN(Cc2cc(=O)c3cc(C)cc(C)c3[nH]2)C(C)C1=O. The molecule has 0 saturated carbocycles. The van der Waals surface area contributed by atoms with Crippen LogP contribution in [0.4, 0.5) is 0 Å². The van der Waals surface area contributed by atoms with Gasteiger partial charge in [-0.2, -0.15) is 0 Å². The van der Waals surface area contributed by atoms with Gasteiger partial charge in [0.1, 0.15) is 0 Å². The molecule has 1 saturated heterocycles. The molecule has 1 N–H and O–H groups in total. The van der Waals surface area contributed by atoms with Crippen LogP contribution in [0, 0.1) is 13.8 Å². The zero-order valence-corrected chi connectivity index (χ0v) is 14.8. The predicted molar refractivity (Wildman–Crippen MR) is 96.2 cm³/mol. The standard InChI is InChI=1S/C19H25N3O2/c1-5-21-6-7-22(14(4)19(21)24)11-15-10-17(23)16-9-12(2)8-13(3)18(16)20-15/h8-10,14H,5-7,11H2,1-4H3,(H,20,23). The number of H-pyrrole nitrogens is 1. The number of aromatic nitrogens is 1. The number of carbonyl (C=O) groups excluding carboxylic acids is 1. The van der Waals surface area contributed by atoms with E-state index in [1.165, 1.54) is 0 Å². The molecule has 3 rings (SSSR count). The summed E-state index contributed by atoms with van der Waals surface area (Å²) in [4.78, 5) is 32.2. The fourth-order valence-corrected chi connectivity index (χ4v) is 3.57. The topological polar surface area (TPSA) is 56.4 Å². The number of hydrogen-bond donors (Lipinski definition) is 1. The van der Waals surface area contributed by atoms with Crippen LogP contribution in [0.15, 0.2) is 23.0 Å². The minimum Gasteiger partial charge on any atom is -0.357 e. The summed E-state index contributed by atoms with van der Waals surface area (Å²) in [5, 5.41) is 0.733. The first kappa shape index (κ1) is 16.7. The van der Waals surface area contributed by atoms with Crippen LogP contribution in [0.3, 0.4) is 0 Å². The molecule has 0 radical (unpaired) electrons. The van der Waals surface area contributed by atoms with Crippen molar-refractivity contribution >= 4 is 16.8 Å². The number of likely N-dealkylation sites (N-methyl/N-ethyl adjacent to an activating group) is 1. The second-order valence-corrected chi connectivity index (χ2v) is 6.73. The molecule has 0 spiro atoms. The fourth-order valence-electron chi connectivity index (χ4n) is 3.57. The number of rotatable bonds is 3. The maximum absolute atomic E-state index is 12.5. The normalized spacial score (nSPS) is 19.2. The van der Waals surface area contributed by atoms with Gasteiger partial charge in [-0.3, -0.25) is 14.5 Å². The van der Waals surface area contributed by atoms with Gasteiger partial charge in [0.05, 0.1) is 11.6 Å². The van der Waals surface area contributed by atoms with Crippen molar-refractivity contribution in [3.8, 4) is 0 Å². The number of pyridine rings is 1. The van der Waals surface area contributed by atoms with Crippen molar-refractivity contribution in [3.05, 3.63) is 45.2 Å². The van der Waals surface area contributed by atoms with Crippen LogP contribution >= 0.6 is 0 Å². The molecule has 24 heavy (non-hydrogen) atoms. The number of nitrogens with one attached hydrogen (secondary N) is 1. The molecule has 1 aromatic carbocycles. The minimum atomic E-state index is -0.156. The molecular formula is C19H25N3O2. The molecule has 1 aliphatic heterocycles. The highest BCUT2D eigenvalue weighted by Gasteiger charge is 2.30. The lowest BCUT2D eigenvalue weighted by molar-refractivity contribution is -0.141. The average molecular weight is 327 g/mol. The van der Waals surface area contributed by atoms with E-state index in [1.54, 1.807) is 6.07 Å². The lowest BCUT2D eigenvalue weighted by Gasteiger charge is -2.38. The monoisotopic (exact) mass is 327 g/mol. The third kappa shape index (κ3) is 2.96. The van der Waals surface area contributed by atoms with Gasteiger partial charge >= 0.3 is 0 Å². The molecule has 1 aliphatic rings. The van der Waals surface area contributed by atoms with E-state index in [4.69, 9.17) is 0 Å². The van der Waals surface area contributed by atoms with Crippen LogP contribution in [0.1, 0.15) is 30.7 Å². The van der Waals surface area contributed by atoms with Crippen molar-refractivity contribution in [2.45, 2.75) is 40.3 Å². The van der Waals surface area contributed by atoms with Crippen LogP contribution in [-0.4, -0.2) is 46.4 Å². The number of benzene rings is 1. The first-order valence-corrected chi connectivity index (χ1v) is 8.56. The number of aromatic amines is 1. The summed E-state index contributed by atoms with van der Waals surface area (Å²) in [5.41, 5.74) is 3.96. The molecule has 1 unspecified atom stereocenters. The van der Waals surface area contributed by atoms with Gasteiger partial charge in [0.15, 0.2) is 5.43 Å². The molecule has 1 fully saturated rings. The number of piperazine rings is 1. The van der Waals surface area contributed by atoms with Gasteiger partial charge in [-0.05, 0) is 44.9 Å². The number of aryl methyl sites for hydroxylation is 2. The van der Waals surface area contributed by atoms with Crippen LogP contribution in [0.25, 0.3) is 10.9 Å². The van der Waals surface area contributed by atoms with E-state index in [-0.39, 0.29) is 17.4 Å². The summed E-state index contributed by atoms with van der Waals surface area (Å²) < 4.78 is 0. The molecule has 5 heteroatoms. The summed E-state index contributed by atoms with van der Waals surface area (Å²) in [7, 11) is 0. The lowest BCUT2D eigenvalue weighted by Crippen LogP contribution is -2.55. The lowest BCUT2D eigenvalue weighted by atomic mass is 10.1.